The fourth-order valence-electron chi connectivity index (χ4n) is 2.78. The molecule has 0 aliphatic rings. The van der Waals surface area contributed by atoms with Crippen LogP contribution in [0, 0.1) is 20.8 Å². The number of hydrogen-bond donors (Lipinski definition) is 2. The van der Waals surface area contributed by atoms with Crippen molar-refractivity contribution in [2.75, 3.05) is 5.32 Å². The summed E-state index contributed by atoms with van der Waals surface area (Å²) in [5.41, 5.74) is 7.85. The third kappa shape index (κ3) is 6.27. The van der Waals surface area contributed by atoms with Gasteiger partial charge in [-0.05, 0) is 73.4 Å². The molecule has 31 heavy (non-hydrogen) atoms. The normalized spacial score (nSPS) is 10.7. The van der Waals surface area contributed by atoms with Crippen molar-refractivity contribution in [2.45, 2.75) is 27.4 Å². The van der Waals surface area contributed by atoms with Crippen molar-refractivity contribution in [2.24, 2.45) is 5.10 Å². The Morgan fingerprint density at radius 2 is 1.61 bits per heavy atom. The second-order valence-corrected chi connectivity index (χ2v) is 7.24. The highest BCUT2D eigenvalue weighted by Gasteiger charge is 2.14. The third-order valence-corrected chi connectivity index (χ3v) is 4.84. The van der Waals surface area contributed by atoms with E-state index < -0.39 is 11.8 Å². The van der Waals surface area contributed by atoms with Crippen molar-refractivity contribution >= 4 is 23.7 Å². The number of ether oxygens (including phenoxy) is 1. The molecular weight excluding hydrogens is 390 g/mol. The van der Waals surface area contributed by atoms with Crippen molar-refractivity contribution in [3.8, 4) is 5.75 Å². The smallest absolute Gasteiger partial charge is 0.329 e. The summed E-state index contributed by atoms with van der Waals surface area (Å²) in [5, 5.41) is 6.45. The van der Waals surface area contributed by atoms with Crippen LogP contribution in [-0.2, 0) is 16.2 Å². The molecule has 0 atom stereocenters. The highest BCUT2D eigenvalue weighted by molar-refractivity contribution is 6.39. The Kier molecular flexibility index (Phi) is 7.17. The summed E-state index contributed by atoms with van der Waals surface area (Å²) in [6, 6.07) is 21.0. The quantitative estimate of drug-likeness (QED) is 0.358. The number of carbonyl (C=O) groups excluding carboxylic acids is 2. The zero-order chi connectivity index (χ0) is 22.2. The van der Waals surface area contributed by atoms with Gasteiger partial charge in [-0.15, -0.1) is 0 Å². The Balaban J connectivity index is 1.48. The Morgan fingerprint density at radius 3 is 2.32 bits per heavy atom. The van der Waals surface area contributed by atoms with Gasteiger partial charge in [-0.2, -0.15) is 5.10 Å². The Morgan fingerprint density at radius 1 is 0.903 bits per heavy atom. The van der Waals surface area contributed by atoms with Crippen LogP contribution in [-0.4, -0.2) is 18.0 Å². The number of nitrogens with zero attached hydrogens (tertiary/aromatic N) is 1. The lowest BCUT2D eigenvalue weighted by atomic mass is 10.1. The van der Waals surface area contributed by atoms with Crippen LogP contribution in [0.3, 0.4) is 0 Å². The summed E-state index contributed by atoms with van der Waals surface area (Å²) in [7, 11) is 0. The van der Waals surface area contributed by atoms with Crippen molar-refractivity contribution < 1.29 is 14.3 Å². The molecule has 6 heteroatoms. The zero-order valence-electron chi connectivity index (χ0n) is 17.8. The molecule has 0 saturated heterocycles. The molecule has 0 unspecified atom stereocenters. The lowest BCUT2D eigenvalue weighted by molar-refractivity contribution is -0.136. The molecule has 0 aliphatic carbocycles. The minimum absolute atomic E-state index is 0.485. The van der Waals surface area contributed by atoms with Gasteiger partial charge in [0.1, 0.15) is 12.4 Å². The van der Waals surface area contributed by atoms with Crippen LogP contribution in [0.4, 0.5) is 5.69 Å². The average molecular weight is 415 g/mol. The molecule has 0 spiro atoms. The third-order valence-electron chi connectivity index (χ3n) is 4.84. The van der Waals surface area contributed by atoms with Gasteiger partial charge in [0.05, 0.1) is 6.21 Å². The lowest BCUT2D eigenvalue weighted by Crippen LogP contribution is -2.32. The van der Waals surface area contributed by atoms with Crippen LogP contribution in [0.1, 0.15) is 27.8 Å². The van der Waals surface area contributed by atoms with Crippen LogP contribution >= 0.6 is 0 Å². The van der Waals surface area contributed by atoms with Gasteiger partial charge in [0.15, 0.2) is 0 Å². The molecule has 6 nitrogen and oxygen atoms in total. The van der Waals surface area contributed by atoms with Gasteiger partial charge in [-0.25, -0.2) is 5.43 Å². The van der Waals surface area contributed by atoms with Gasteiger partial charge in [0.2, 0.25) is 0 Å². The van der Waals surface area contributed by atoms with E-state index in [0.29, 0.717) is 12.3 Å². The van der Waals surface area contributed by atoms with Crippen LogP contribution < -0.4 is 15.5 Å². The van der Waals surface area contributed by atoms with E-state index in [1.165, 1.54) is 11.8 Å². The molecule has 0 aliphatic heterocycles. The number of nitrogens with one attached hydrogen (secondary N) is 2. The molecular formula is C25H25N3O3. The van der Waals surface area contributed by atoms with Gasteiger partial charge in [0, 0.05) is 5.69 Å². The fraction of sp³-hybridized carbons (Fsp3) is 0.160. The van der Waals surface area contributed by atoms with E-state index >= 15 is 0 Å². The first kappa shape index (κ1) is 21.8. The maximum Gasteiger partial charge on any atom is 0.329 e. The summed E-state index contributed by atoms with van der Waals surface area (Å²) >= 11 is 0. The summed E-state index contributed by atoms with van der Waals surface area (Å²) < 4.78 is 5.77. The predicted octanol–water partition coefficient (Wildman–Crippen LogP) is 4.28. The molecule has 3 aromatic rings. The van der Waals surface area contributed by atoms with Crippen LogP contribution in [0.15, 0.2) is 71.8 Å². The molecule has 0 saturated carbocycles. The first-order valence-electron chi connectivity index (χ1n) is 9.91. The van der Waals surface area contributed by atoms with Crippen molar-refractivity contribution in [3.05, 3.63) is 94.5 Å². The van der Waals surface area contributed by atoms with Gasteiger partial charge in [0.25, 0.3) is 0 Å². The number of hydrogen-bond acceptors (Lipinski definition) is 4. The highest BCUT2D eigenvalue weighted by Crippen LogP contribution is 2.17. The second kappa shape index (κ2) is 10.2. The summed E-state index contributed by atoms with van der Waals surface area (Å²) in [5.74, 6) is -0.879. The SMILES string of the molecule is Cc1ccc(COc2ccc(/C=N\NC(=O)C(=O)Nc3cccc(C)c3C)cc2)cc1. The van der Waals surface area contributed by atoms with Gasteiger partial charge in [-0.3, -0.25) is 9.59 Å². The van der Waals surface area contributed by atoms with Crippen LogP contribution in [0.5, 0.6) is 5.75 Å². The Hall–Kier alpha value is -3.93. The first-order chi connectivity index (χ1) is 14.9. The van der Waals surface area contributed by atoms with Crippen molar-refractivity contribution in [3.63, 3.8) is 0 Å². The summed E-state index contributed by atoms with van der Waals surface area (Å²) in [6.45, 7) is 6.35. The number of hydrazone groups is 1. The molecule has 2 amide bonds. The second-order valence-electron chi connectivity index (χ2n) is 7.24. The minimum atomic E-state index is -0.838. The average Bonchev–Trinajstić information content (AvgIpc) is 2.77. The standard InChI is InChI=1S/C25H25N3O3/c1-17-7-9-21(10-8-17)16-31-22-13-11-20(12-14-22)15-26-28-25(30)24(29)27-23-6-4-5-18(2)19(23)3/h4-15H,16H2,1-3H3,(H,27,29)(H,28,30)/b26-15-. The molecule has 158 valence electrons. The maximum atomic E-state index is 12.1. The molecule has 3 rings (SSSR count). The summed E-state index contributed by atoms with van der Waals surface area (Å²) in [4.78, 5) is 24.0. The zero-order valence-corrected chi connectivity index (χ0v) is 17.8. The van der Waals surface area contributed by atoms with Gasteiger partial charge >= 0.3 is 11.8 Å². The Labute approximate surface area is 182 Å². The minimum Gasteiger partial charge on any atom is -0.489 e. The molecule has 0 aromatic heterocycles. The molecule has 2 N–H and O–H groups in total. The summed E-state index contributed by atoms with van der Waals surface area (Å²) in [6.07, 6.45) is 1.47. The maximum absolute atomic E-state index is 12.1. The number of carbonyl (C=O) groups is 2. The molecule has 0 fully saturated rings. The highest BCUT2D eigenvalue weighted by atomic mass is 16.5. The number of anilines is 1. The largest absolute Gasteiger partial charge is 0.489 e. The van der Waals surface area contributed by atoms with E-state index in [-0.39, 0.29) is 0 Å². The van der Waals surface area contributed by atoms with Gasteiger partial charge in [-0.1, -0.05) is 42.0 Å². The molecule has 0 heterocycles. The van der Waals surface area contributed by atoms with Crippen molar-refractivity contribution in [1.29, 1.82) is 0 Å². The van der Waals surface area contributed by atoms with E-state index in [1.54, 1.807) is 6.07 Å². The number of rotatable bonds is 6. The number of aryl methyl sites for hydroxylation is 2. The van der Waals surface area contributed by atoms with Crippen LogP contribution in [0.2, 0.25) is 0 Å². The topological polar surface area (TPSA) is 79.8 Å². The van der Waals surface area contributed by atoms with E-state index in [9.17, 15) is 9.59 Å². The van der Waals surface area contributed by atoms with E-state index in [1.807, 2.05) is 69.3 Å². The monoisotopic (exact) mass is 415 g/mol. The number of benzene rings is 3. The molecule has 0 radical (unpaired) electrons. The molecule has 0 bridgehead atoms. The Bertz CT molecular complexity index is 1090. The first-order valence-corrected chi connectivity index (χ1v) is 9.91. The number of amides is 2. The van der Waals surface area contributed by atoms with E-state index in [2.05, 4.69) is 28.0 Å². The van der Waals surface area contributed by atoms with E-state index in [0.717, 1.165) is 28.0 Å². The molecule has 3 aromatic carbocycles. The fourth-order valence-corrected chi connectivity index (χ4v) is 2.78. The van der Waals surface area contributed by atoms with Gasteiger partial charge < -0.3 is 10.1 Å². The van der Waals surface area contributed by atoms with Crippen LogP contribution in [0.25, 0.3) is 0 Å². The predicted molar refractivity (Wildman–Crippen MR) is 122 cm³/mol. The van der Waals surface area contributed by atoms with E-state index in [4.69, 9.17) is 4.74 Å². The van der Waals surface area contributed by atoms with Crippen molar-refractivity contribution in [1.82, 2.24) is 5.43 Å². The lowest BCUT2D eigenvalue weighted by Gasteiger charge is -2.09.